The molecule has 4 rings (SSSR count). The summed E-state index contributed by atoms with van der Waals surface area (Å²) in [7, 11) is 1.73. The number of aromatic nitrogens is 1. The van der Waals surface area contributed by atoms with Crippen LogP contribution in [0.5, 0.6) is 5.75 Å². The van der Waals surface area contributed by atoms with Gasteiger partial charge in [0.25, 0.3) is 0 Å². The summed E-state index contributed by atoms with van der Waals surface area (Å²) in [5, 5.41) is 15.4. The van der Waals surface area contributed by atoms with Gasteiger partial charge in [-0.1, -0.05) is 66.2 Å². The standard InChI is InChI=1S/C27H27ClN4O2/c1-30-16-24(33)32(17-19-6-3-2-4-7-19)26(20-11-9-18(15-29)10-12-20)22-14-23(28)21-8-5-13-31-25(21)27(22)34/h2-14,26,30,34H,15-17,29H2,1H3. The zero-order valence-corrected chi connectivity index (χ0v) is 19.7. The van der Waals surface area contributed by atoms with Crippen molar-refractivity contribution in [2.75, 3.05) is 13.6 Å². The van der Waals surface area contributed by atoms with Crippen LogP contribution in [0.15, 0.2) is 79.0 Å². The highest BCUT2D eigenvalue weighted by Crippen LogP contribution is 2.41. The number of halogens is 1. The summed E-state index contributed by atoms with van der Waals surface area (Å²) in [6.07, 6.45) is 1.61. The van der Waals surface area contributed by atoms with Crippen molar-refractivity contribution in [2.45, 2.75) is 19.1 Å². The molecule has 0 fully saturated rings. The van der Waals surface area contributed by atoms with Crippen molar-refractivity contribution >= 4 is 28.4 Å². The van der Waals surface area contributed by atoms with Crippen LogP contribution in [0.25, 0.3) is 10.9 Å². The first-order valence-electron chi connectivity index (χ1n) is 11.1. The summed E-state index contributed by atoms with van der Waals surface area (Å²) in [4.78, 5) is 19.5. The average molecular weight is 475 g/mol. The molecule has 4 aromatic rings. The van der Waals surface area contributed by atoms with Gasteiger partial charge in [-0.3, -0.25) is 9.78 Å². The number of rotatable bonds is 8. The molecule has 7 heteroatoms. The van der Waals surface area contributed by atoms with Crippen LogP contribution in [-0.4, -0.2) is 34.5 Å². The third kappa shape index (κ3) is 4.89. The van der Waals surface area contributed by atoms with Gasteiger partial charge in [0.1, 0.15) is 11.3 Å². The number of nitrogens with one attached hydrogen (secondary N) is 1. The highest BCUT2D eigenvalue weighted by molar-refractivity contribution is 6.35. The number of benzene rings is 3. The molecule has 0 aliphatic carbocycles. The number of nitrogens with zero attached hydrogens (tertiary/aromatic N) is 2. The molecular formula is C27H27ClN4O2. The second-order valence-electron chi connectivity index (χ2n) is 8.08. The largest absolute Gasteiger partial charge is 0.505 e. The van der Waals surface area contributed by atoms with E-state index in [2.05, 4.69) is 10.3 Å². The summed E-state index contributed by atoms with van der Waals surface area (Å²) in [6, 6.07) is 22.2. The molecule has 0 saturated heterocycles. The van der Waals surface area contributed by atoms with Crippen LogP contribution in [0.3, 0.4) is 0 Å². The Hall–Kier alpha value is -3.45. The van der Waals surface area contributed by atoms with Crippen LogP contribution < -0.4 is 11.1 Å². The Balaban J connectivity index is 1.93. The van der Waals surface area contributed by atoms with E-state index in [1.807, 2.05) is 60.7 Å². The Bertz CT molecular complexity index is 1280. The van der Waals surface area contributed by atoms with E-state index in [1.54, 1.807) is 30.3 Å². The Labute approximate surface area is 204 Å². The highest BCUT2D eigenvalue weighted by Gasteiger charge is 2.30. The molecule has 0 saturated carbocycles. The van der Waals surface area contributed by atoms with Gasteiger partial charge >= 0.3 is 0 Å². The van der Waals surface area contributed by atoms with Gasteiger partial charge in [-0.2, -0.15) is 0 Å². The number of fused-ring (bicyclic) bond motifs is 1. The number of carbonyl (C=O) groups is 1. The molecule has 1 aromatic heterocycles. The Morgan fingerprint density at radius 3 is 2.50 bits per heavy atom. The van der Waals surface area contributed by atoms with Crippen LogP contribution >= 0.6 is 11.6 Å². The van der Waals surface area contributed by atoms with E-state index in [0.29, 0.717) is 34.6 Å². The van der Waals surface area contributed by atoms with Crippen molar-refractivity contribution in [3.05, 3.63) is 106 Å². The second-order valence-corrected chi connectivity index (χ2v) is 8.49. The SMILES string of the molecule is CNCC(=O)N(Cc1ccccc1)C(c1ccc(CN)cc1)c1cc(Cl)c2cccnc2c1O. The van der Waals surface area contributed by atoms with Gasteiger partial charge in [-0.05, 0) is 41.9 Å². The van der Waals surface area contributed by atoms with Gasteiger partial charge in [0, 0.05) is 30.2 Å². The van der Waals surface area contributed by atoms with Crippen molar-refractivity contribution in [3.63, 3.8) is 0 Å². The van der Waals surface area contributed by atoms with Gasteiger partial charge in [-0.15, -0.1) is 0 Å². The molecule has 1 heterocycles. The molecule has 0 bridgehead atoms. The maximum Gasteiger partial charge on any atom is 0.237 e. The normalized spacial score (nSPS) is 12.0. The van der Waals surface area contributed by atoms with E-state index >= 15 is 0 Å². The predicted octanol–water partition coefficient (Wildman–Crippen LogP) is 4.39. The lowest BCUT2D eigenvalue weighted by Crippen LogP contribution is -2.40. The minimum Gasteiger partial charge on any atom is -0.505 e. The number of nitrogens with two attached hydrogens (primary N) is 1. The number of carbonyl (C=O) groups excluding carboxylic acids is 1. The molecule has 174 valence electrons. The third-order valence-corrected chi connectivity index (χ3v) is 6.14. The van der Waals surface area contributed by atoms with Crippen LogP contribution in [-0.2, 0) is 17.9 Å². The smallest absolute Gasteiger partial charge is 0.237 e. The van der Waals surface area contributed by atoms with E-state index in [0.717, 1.165) is 16.7 Å². The fraction of sp³-hybridized carbons (Fsp3) is 0.185. The minimum atomic E-state index is -0.600. The van der Waals surface area contributed by atoms with E-state index in [4.69, 9.17) is 17.3 Å². The molecule has 6 nitrogen and oxygen atoms in total. The number of hydrogen-bond donors (Lipinski definition) is 3. The van der Waals surface area contributed by atoms with Crippen molar-refractivity contribution < 1.29 is 9.90 Å². The summed E-state index contributed by atoms with van der Waals surface area (Å²) < 4.78 is 0. The van der Waals surface area contributed by atoms with E-state index < -0.39 is 6.04 Å². The van der Waals surface area contributed by atoms with Crippen molar-refractivity contribution in [2.24, 2.45) is 5.73 Å². The molecule has 0 aliphatic rings. The summed E-state index contributed by atoms with van der Waals surface area (Å²) >= 11 is 6.64. The zero-order chi connectivity index (χ0) is 24.1. The van der Waals surface area contributed by atoms with Crippen LogP contribution in [0.1, 0.15) is 28.3 Å². The van der Waals surface area contributed by atoms with Gasteiger partial charge in [-0.25, -0.2) is 0 Å². The molecule has 0 spiro atoms. The van der Waals surface area contributed by atoms with Gasteiger partial charge in [0.05, 0.1) is 17.6 Å². The lowest BCUT2D eigenvalue weighted by atomic mass is 9.93. The van der Waals surface area contributed by atoms with Gasteiger partial charge in [0.15, 0.2) is 0 Å². The number of phenolic OH excluding ortho intramolecular Hbond substituents is 1. The van der Waals surface area contributed by atoms with E-state index in [1.165, 1.54) is 0 Å². The van der Waals surface area contributed by atoms with Crippen molar-refractivity contribution in [1.29, 1.82) is 0 Å². The fourth-order valence-corrected chi connectivity index (χ4v) is 4.40. The van der Waals surface area contributed by atoms with Crippen LogP contribution in [0.2, 0.25) is 5.02 Å². The monoisotopic (exact) mass is 474 g/mol. The molecule has 1 unspecified atom stereocenters. The molecule has 0 radical (unpaired) electrons. The first kappa shape index (κ1) is 23.7. The van der Waals surface area contributed by atoms with Crippen molar-refractivity contribution in [1.82, 2.24) is 15.2 Å². The number of likely N-dealkylation sites (N-methyl/N-ethyl adjacent to an activating group) is 1. The second kappa shape index (κ2) is 10.7. The number of amides is 1. The van der Waals surface area contributed by atoms with Gasteiger partial charge < -0.3 is 21.1 Å². The van der Waals surface area contributed by atoms with E-state index in [-0.39, 0.29) is 18.2 Å². The zero-order valence-electron chi connectivity index (χ0n) is 18.9. The van der Waals surface area contributed by atoms with Gasteiger partial charge in [0.2, 0.25) is 5.91 Å². The predicted molar refractivity (Wildman–Crippen MR) is 136 cm³/mol. The average Bonchev–Trinajstić information content (AvgIpc) is 2.87. The highest BCUT2D eigenvalue weighted by atomic mass is 35.5. The first-order valence-corrected chi connectivity index (χ1v) is 11.4. The molecule has 34 heavy (non-hydrogen) atoms. The number of aromatic hydroxyl groups is 1. The quantitative estimate of drug-likeness (QED) is 0.352. The maximum absolute atomic E-state index is 13.4. The Morgan fingerprint density at radius 2 is 1.82 bits per heavy atom. The fourth-order valence-electron chi connectivity index (χ4n) is 4.13. The maximum atomic E-state index is 13.4. The van der Waals surface area contributed by atoms with Crippen LogP contribution in [0, 0.1) is 0 Å². The molecule has 4 N–H and O–H groups in total. The lowest BCUT2D eigenvalue weighted by Gasteiger charge is -2.34. The molecule has 1 amide bonds. The number of phenols is 1. The summed E-state index contributed by atoms with van der Waals surface area (Å²) in [6.45, 7) is 0.904. The number of pyridine rings is 1. The molecule has 1 atom stereocenters. The summed E-state index contributed by atoms with van der Waals surface area (Å²) in [5.74, 6) is -0.112. The van der Waals surface area contributed by atoms with Crippen molar-refractivity contribution in [3.8, 4) is 5.75 Å². The number of hydrogen-bond acceptors (Lipinski definition) is 5. The topological polar surface area (TPSA) is 91.5 Å². The first-order chi connectivity index (χ1) is 16.5. The lowest BCUT2D eigenvalue weighted by molar-refractivity contribution is -0.132. The molecule has 0 aliphatic heterocycles. The molecule has 3 aromatic carbocycles. The third-order valence-electron chi connectivity index (χ3n) is 5.83. The Kier molecular flexibility index (Phi) is 7.43. The molecular weight excluding hydrogens is 448 g/mol. The summed E-state index contributed by atoms with van der Waals surface area (Å²) in [5.41, 5.74) is 9.49. The Morgan fingerprint density at radius 1 is 1.09 bits per heavy atom. The van der Waals surface area contributed by atoms with E-state index in [9.17, 15) is 9.90 Å². The van der Waals surface area contributed by atoms with Crippen LogP contribution in [0.4, 0.5) is 0 Å². The minimum absolute atomic E-state index is 0.00298.